The summed E-state index contributed by atoms with van der Waals surface area (Å²) in [5.41, 5.74) is 8.22. The molecular weight excluding hydrogens is 518 g/mol. The summed E-state index contributed by atoms with van der Waals surface area (Å²) < 4.78 is 0. The molecule has 4 unspecified atom stereocenters. The van der Waals surface area contributed by atoms with E-state index in [1.54, 1.807) is 6.20 Å². The molecule has 2 aromatic carbocycles. The average molecular weight is 554 g/mol. The molecule has 3 rings (SSSR count). The summed E-state index contributed by atoms with van der Waals surface area (Å²) in [5, 5.41) is 18.5. The number of hydrogen-bond acceptors (Lipinski definition) is 6. The molecule has 208 valence electrons. The van der Waals surface area contributed by atoms with Crippen LogP contribution in [0.2, 0.25) is 0 Å². The summed E-state index contributed by atoms with van der Waals surface area (Å²) in [6.45, 7) is 1.52. The van der Waals surface area contributed by atoms with Gasteiger partial charge in [-0.05, 0) is 42.5 Å². The minimum absolute atomic E-state index is 0.133. The molecule has 3 amide bonds. The van der Waals surface area contributed by atoms with Gasteiger partial charge in [0.15, 0.2) is 0 Å². The Balaban J connectivity index is 1.86. The van der Waals surface area contributed by atoms with Gasteiger partial charge < -0.3 is 31.8 Å². The zero-order valence-corrected chi connectivity index (χ0v) is 22.8. The fourth-order valence-electron chi connectivity index (χ4n) is 4.13. The van der Waals surface area contributed by atoms with Gasteiger partial charge in [-0.2, -0.15) is 11.8 Å². The number of para-hydroxylation sites is 1. The van der Waals surface area contributed by atoms with Gasteiger partial charge in [0, 0.05) is 29.9 Å². The van der Waals surface area contributed by atoms with E-state index in [0.29, 0.717) is 5.75 Å². The Kier molecular flexibility index (Phi) is 10.9. The topological polar surface area (TPSA) is 166 Å². The molecule has 1 heterocycles. The van der Waals surface area contributed by atoms with E-state index in [-0.39, 0.29) is 19.3 Å². The van der Waals surface area contributed by atoms with E-state index >= 15 is 0 Å². The summed E-state index contributed by atoms with van der Waals surface area (Å²) in [5.74, 6) is -2.32. The Morgan fingerprint density at radius 1 is 0.872 bits per heavy atom. The van der Waals surface area contributed by atoms with E-state index in [0.717, 1.165) is 22.0 Å². The molecule has 1 aromatic heterocycles. The Bertz CT molecular complexity index is 1280. The predicted molar refractivity (Wildman–Crippen MR) is 152 cm³/mol. The minimum atomic E-state index is -1.15. The van der Waals surface area contributed by atoms with Crippen molar-refractivity contribution in [3.8, 4) is 0 Å². The quantitative estimate of drug-likeness (QED) is 0.176. The van der Waals surface area contributed by atoms with Gasteiger partial charge in [0.25, 0.3) is 0 Å². The van der Waals surface area contributed by atoms with Gasteiger partial charge in [0.1, 0.15) is 18.1 Å². The highest BCUT2D eigenvalue weighted by molar-refractivity contribution is 7.98. The zero-order chi connectivity index (χ0) is 28.4. The van der Waals surface area contributed by atoms with Crippen molar-refractivity contribution >= 4 is 46.4 Å². The molecule has 0 aliphatic heterocycles. The van der Waals surface area contributed by atoms with Crippen LogP contribution in [0.25, 0.3) is 10.9 Å². The standard InChI is InChI=1S/C28H35N5O5S/c1-17(29)25(34)32-24(15-19-16-30-21-11-7-6-10-20(19)21)27(36)33-23(14-18-8-4-3-5-9-18)26(35)31-22(28(37)38)12-13-39-2/h3-11,16-17,22-24,30H,12-15,29H2,1-2H3,(H,31,35)(H,32,34)(H,33,36)(H,37,38). The third kappa shape index (κ3) is 8.59. The van der Waals surface area contributed by atoms with Crippen molar-refractivity contribution in [1.29, 1.82) is 0 Å². The van der Waals surface area contributed by atoms with Crippen LogP contribution in [0.15, 0.2) is 60.8 Å². The highest BCUT2D eigenvalue weighted by atomic mass is 32.2. The molecule has 0 spiro atoms. The fraction of sp³-hybridized carbons (Fsp3) is 0.357. The molecule has 0 aliphatic rings. The molecule has 4 atom stereocenters. The first-order chi connectivity index (χ1) is 18.7. The lowest BCUT2D eigenvalue weighted by Crippen LogP contribution is -2.58. The number of carbonyl (C=O) groups excluding carboxylic acids is 3. The monoisotopic (exact) mass is 553 g/mol. The van der Waals surface area contributed by atoms with E-state index in [1.165, 1.54) is 18.7 Å². The maximum atomic E-state index is 13.6. The molecule has 3 aromatic rings. The molecular formula is C28H35N5O5S. The molecule has 0 aliphatic carbocycles. The van der Waals surface area contributed by atoms with Gasteiger partial charge in [0.05, 0.1) is 6.04 Å². The second kappa shape index (κ2) is 14.4. The number of aromatic amines is 1. The number of aromatic nitrogens is 1. The minimum Gasteiger partial charge on any atom is -0.480 e. The third-order valence-corrected chi connectivity index (χ3v) is 6.93. The second-order valence-corrected chi connectivity index (χ2v) is 10.3. The molecule has 11 heteroatoms. The van der Waals surface area contributed by atoms with Gasteiger partial charge in [-0.3, -0.25) is 14.4 Å². The Hall–Kier alpha value is -3.83. The summed E-state index contributed by atoms with van der Waals surface area (Å²) in [6, 6.07) is 12.6. The predicted octanol–water partition coefficient (Wildman–Crippen LogP) is 1.59. The molecule has 0 saturated heterocycles. The highest BCUT2D eigenvalue weighted by Crippen LogP contribution is 2.19. The number of nitrogens with two attached hydrogens (primary N) is 1. The van der Waals surface area contributed by atoms with Crippen LogP contribution < -0.4 is 21.7 Å². The normalized spacial score (nSPS) is 14.1. The van der Waals surface area contributed by atoms with Crippen molar-refractivity contribution in [2.24, 2.45) is 5.73 Å². The van der Waals surface area contributed by atoms with Gasteiger partial charge >= 0.3 is 5.97 Å². The van der Waals surface area contributed by atoms with Gasteiger partial charge in [-0.25, -0.2) is 4.79 Å². The van der Waals surface area contributed by atoms with Crippen molar-refractivity contribution < 1.29 is 24.3 Å². The lowest BCUT2D eigenvalue weighted by molar-refractivity contribution is -0.142. The number of hydrogen-bond donors (Lipinski definition) is 6. The Labute approximate surface area is 231 Å². The van der Waals surface area contributed by atoms with Crippen molar-refractivity contribution in [2.75, 3.05) is 12.0 Å². The zero-order valence-electron chi connectivity index (χ0n) is 22.0. The smallest absolute Gasteiger partial charge is 0.326 e. The third-order valence-electron chi connectivity index (χ3n) is 6.29. The van der Waals surface area contributed by atoms with E-state index < -0.39 is 47.9 Å². The van der Waals surface area contributed by atoms with Gasteiger partial charge in [-0.1, -0.05) is 48.5 Å². The number of amides is 3. The first-order valence-electron chi connectivity index (χ1n) is 12.7. The van der Waals surface area contributed by atoms with Crippen LogP contribution in [0.4, 0.5) is 0 Å². The van der Waals surface area contributed by atoms with Crippen LogP contribution in [-0.4, -0.2) is 70.0 Å². The SMILES string of the molecule is CSCCC(NC(=O)C(Cc1ccccc1)NC(=O)C(Cc1c[nH]c2ccccc12)NC(=O)C(C)N)C(=O)O. The van der Waals surface area contributed by atoms with Gasteiger partial charge in [0.2, 0.25) is 17.7 Å². The number of benzene rings is 2. The first-order valence-corrected chi connectivity index (χ1v) is 14.1. The molecule has 10 nitrogen and oxygen atoms in total. The lowest BCUT2D eigenvalue weighted by atomic mass is 10.0. The maximum Gasteiger partial charge on any atom is 0.326 e. The summed E-state index contributed by atoms with van der Waals surface area (Å²) in [7, 11) is 0. The van der Waals surface area contributed by atoms with Crippen molar-refractivity contribution in [1.82, 2.24) is 20.9 Å². The average Bonchev–Trinajstić information content (AvgIpc) is 3.33. The highest BCUT2D eigenvalue weighted by Gasteiger charge is 2.30. The first kappa shape index (κ1) is 29.7. The van der Waals surface area contributed by atoms with Crippen molar-refractivity contribution in [2.45, 2.75) is 50.4 Å². The fourth-order valence-corrected chi connectivity index (χ4v) is 4.60. The Morgan fingerprint density at radius 3 is 2.10 bits per heavy atom. The number of H-pyrrole nitrogens is 1. The maximum absolute atomic E-state index is 13.6. The van der Waals surface area contributed by atoms with E-state index in [9.17, 15) is 24.3 Å². The summed E-state index contributed by atoms with van der Waals surface area (Å²) >= 11 is 1.47. The van der Waals surface area contributed by atoms with E-state index in [1.807, 2.05) is 60.9 Å². The number of carboxylic acid groups (broad SMARTS) is 1. The second-order valence-electron chi connectivity index (χ2n) is 9.35. The largest absolute Gasteiger partial charge is 0.480 e. The lowest BCUT2D eigenvalue weighted by Gasteiger charge is -2.25. The van der Waals surface area contributed by atoms with Crippen LogP contribution in [0.3, 0.4) is 0 Å². The van der Waals surface area contributed by atoms with E-state index in [4.69, 9.17) is 5.73 Å². The van der Waals surface area contributed by atoms with Gasteiger partial charge in [-0.15, -0.1) is 0 Å². The molecule has 0 bridgehead atoms. The molecule has 39 heavy (non-hydrogen) atoms. The van der Waals surface area contributed by atoms with Crippen LogP contribution in [0, 0.1) is 0 Å². The molecule has 0 radical (unpaired) electrons. The van der Waals surface area contributed by atoms with E-state index in [2.05, 4.69) is 20.9 Å². The number of carboxylic acids is 1. The number of rotatable bonds is 14. The summed E-state index contributed by atoms with van der Waals surface area (Å²) in [6.07, 6.45) is 4.15. The number of thioether (sulfide) groups is 1. The van der Waals surface area contributed by atoms with Crippen LogP contribution in [0.5, 0.6) is 0 Å². The number of fused-ring (bicyclic) bond motifs is 1. The van der Waals surface area contributed by atoms with Crippen LogP contribution in [0.1, 0.15) is 24.5 Å². The van der Waals surface area contributed by atoms with Crippen LogP contribution in [-0.2, 0) is 32.0 Å². The number of carbonyl (C=O) groups is 4. The van der Waals surface area contributed by atoms with Crippen molar-refractivity contribution in [3.05, 3.63) is 71.9 Å². The van der Waals surface area contributed by atoms with Crippen LogP contribution >= 0.6 is 11.8 Å². The Morgan fingerprint density at radius 2 is 1.46 bits per heavy atom. The number of aliphatic carboxylic acids is 1. The molecule has 0 fully saturated rings. The summed E-state index contributed by atoms with van der Waals surface area (Å²) in [4.78, 5) is 54.3. The molecule has 7 N–H and O–H groups in total. The molecule has 0 saturated carbocycles. The van der Waals surface area contributed by atoms with Crippen molar-refractivity contribution in [3.63, 3.8) is 0 Å². The number of nitrogens with one attached hydrogen (secondary N) is 4.